The minimum atomic E-state index is -0.0414. The van der Waals surface area contributed by atoms with Gasteiger partial charge in [0.25, 0.3) is 5.91 Å². The lowest BCUT2D eigenvalue weighted by atomic mass is 10.0. The van der Waals surface area contributed by atoms with Crippen molar-refractivity contribution in [2.75, 3.05) is 33.9 Å². The zero-order valence-electron chi connectivity index (χ0n) is 19.3. The minimum absolute atomic E-state index is 0.0268. The van der Waals surface area contributed by atoms with E-state index in [1.807, 2.05) is 49.1 Å². The molecule has 0 aliphatic carbocycles. The first kappa shape index (κ1) is 23.4. The van der Waals surface area contributed by atoms with Crippen LogP contribution < -0.4 is 19.5 Å². The van der Waals surface area contributed by atoms with Gasteiger partial charge in [0.2, 0.25) is 5.91 Å². The van der Waals surface area contributed by atoms with E-state index in [0.29, 0.717) is 24.6 Å². The van der Waals surface area contributed by atoms with Gasteiger partial charge in [-0.1, -0.05) is 18.2 Å². The number of piperidine rings is 1. The molecule has 32 heavy (non-hydrogen) atoms. The highest BCUT2D eigenvalue weighted by atomic mass is 16.5. The number of carbonyl (C=O) groups excluding carboxylic acids is 2. The van der Waals surface area contributed by atoms with E-state index in [1.165, 1.54) is 0 Å². The second-order valence-corrected chi connectivity index (χ2v) is 8.08. The summed E-state index contributed by atoms with van der Waals surface area (Å²) < 4.78 is 16.3. The summed E-state index contributed by atoms with van der Waals surface area (Å²) in [6, 6.07) is 11.4. The molecular weight excluding hydrogens is 408 g/mol. The van der Waals surface area contributed by atoms with Crippen LogP contribution in [0.1, 0.15) is 29.5 Å². The number of hydrogen-bond donors (Lipinski definition) is 1. The van der Waals surface area contributed by atoms with Crippen LogP contribution in [-0.2, 0) is 16.0 Å². The summed E-state index contributed by atoms with van der Waals surface area (Å²) in [6.45, 7) is 5.26. The highest BCUT2D eigenvalue weighted by Crippen LogP contribution is 2.27. The highest BCUT2D eigenvalue weighted by Gasteiger charge is 2.24. The summed E-state index contributed by atoms with van der Waals surface area (Å²) in [5.41, 5.74) is 3.05. The van der Waals surface area contributed by atoms with Gasteiger partial charge in [-0.3, -0.25) is 9.59 Å². The maximum Gasteiger partial charge on any atom is 0.260 e. The number of carbonyl (C=O) groups is 2. The molecule has 0 bridgehead atoms. The molecule has 1 aliphatic rings. The fourth-order valence-corrected chi connectivity index (χ4v) is 3.84. The third kappa shape index (κ3) is 5.93. The Morgan fingerprint density at radius 1 is 1.00 bits per heavy atom. The van der Waals surface area contributed by atoms with E-state index in [2.05, 4.69) is 5.32 Å². The molecule has 1 N–H and O–H groups in total. The van der Waals surface area contributed by atoms with Gasteiger partial charge in [-0.25, -0.2) is 0 Å². The Labute approximate surface area is 189 Å². The third-order valence-electron chi connectivity index (χ3n) is 5.93. The standard InChI is InChI=1S/C25H32N2O5/c1-17-6-5-7-21(18(17)2)32-16-25(29)27-12-10-20(11-13-27)26-24(28)15-19-8-9-22(30-3)23(14-19)31-4/h5-9,14,20H,10-13,15-16H2,1-4H3,(H,26,28). The minimum Gasteiger partial charge on any atom is -0.493 e. The number of ether oxygens (including phenoxy) is 3. The summed E-state index contributed by atoms with van der Waals surface area (Å²) in [5, 5.41) is 3.08. The van der Waals surface area contributed by atoms with Crippen LogP contribution in [0, 0.1) is 13.8 Å². The van der Waals surface area contributed by atoms with Gasteiger partial charge in [-0.2, -0.15) is 0 Å². The average Bonchev–Trinajstić information content (AvgIpc) is 2.80. The molecule has 7 nitrogen and oxygen atoms in total. The summed E-state index contributed by atoms with van der Waals surface area (Å²) in [5.74, 6) is 1.92. The van der Waals surface area contributed by atoms with Crippen LogP contribution in [0.25, 0.3) is 0 Å². The lowest BCUT2D eigenvalue weighted by molar-refractivity contribution is -0.134. The Morgan fingerprint density at radius 2 is 1.72 bits per heavy atom. The lowest BCUT2D eigenvalue weighted by Gasteiger charge is -2.32. The first-order valence-corrected chi connectivity index (χ1v) is 10.9. The molecule has 172 valence electrons. The summed E-state index contributed by atoms with van der Waals surface area (Å²) in [7, 11) is 3.15. The fraction of sp³-hybridized carbons (Fsp3) is 0.440. The van der Waals surface area contributed by atoms with Gasteiger partial charge >= 0.3 is 0 Å². The molecule has 0 aromatic heterocycles. The molecule has 7 heteroatoms. The number of benzene rings is 2. The monoisotopic (exact) mass is 440 g/mol. The molecule has 1 heterocycles. The van der Waals surface area contributed by atoms with Crippen molar-refractivity contribution >= 4 is 11.8 Å². The van der Waals surface area contributed by atoms with E-state index >= 15 is 0 Å². The number of aryl methyl sites for hydroxylation is 1. The first-order chi connectivity index (χ1) is 15.4. The van der Waals surface area contributed by atoms with Gasteiger partial charge in [0, 0.05) is 19.1 Å². The van der Waals surface area contributed by atoms with E-state index in [4.69, 9.17) is 14.2 Å². The first-order valence-electron chi connectivity index (χ1n) is 10.9. The molecule has 0 atom stereocenters. The zero-order chi connectivity index (χ0) is 23.1. The second kappa shape index (κ2) is 10.9. The Bertz CT molecular complexity index is 951. The van der Waals surface area contributed by atoms with Crippen molar-refractivity contribution in [3.8, 4) is 17.2 Å². The van der Waals surface area contributed by atoms with Crippen molar-refractivity contribution in [3.63, 3.8) is 0 Å². The maximum atomic E-state index is 12.5. The van der Waals surface area contributed by atoms with E-state index in [9.17, 15) is 9.59 Å². The van der Waals surface area contributed by atoms with Gasteiger partial charge in [0.1, 0.15) is 5.75 Å². The van der Waals surface area contributed by atoms with Crippen molar-refractivity contribution in [1.82, 2.24) is 10.2 Å². The van der Waals surface area contributed by atoms with Crippen molar-refractivity contribution in [1.29, 1.82) is 0 Å². The molecule has 0 saturated carbocycles. The maximum absolute atomic E-state index is 12.5. The smallest absolute Gasteiger partial charge is 0.260 e. The van der Waals surface area contributed by atoms with Crippen molar-refractivity contribution < 1.29 is 23.8 Å². The molecule has 0 unspecified atom stereocenters. The molecule has 2 aromatic rings. The van der Waals surface area contributed by atoms with E-state index in [0.717, 1.165) is 35.3 Å². The number of rotatable bonds is 8. The van der Waals surface area contributed by atoms with Gasteiger partial charge in [0.05, 0.1) is 20.6 Å². The zero-order valence-corrected chi connectivity index (χ0v) is 19.3. The second-order valence-electron chi connectivity index (χ2n) is 8.08. The van der Waals surface area contributed by atoms with Gasteiger partial charge in [0.15, 0.2) is 18.1 Å². The summed E-state index contributed by atoms with van der Waals surface area (Å²) in [6.07, 6.45) is 1.73. The van der Waals surface area contributed by atoms with Gasteiger partial charge < -0.3 is 24.4 Å². The predicted octanol–water partition coefficient (Wildman–Crippen LogP) is 3.05. The van der Waals surface area contributed by atoms with Crippen LogP contribution in [0.2, 0.25) is 0 Å². The molecule has 1 aliphatic heterocycles. The van der Waals surface area contributed by atoms with Crippen LogP contribution in [0.3, 0.4) is 0 Å². The van der Waals surface area contributed by atoms with Crippen LogP contribution in [0.5, 0.6) is 17.2 Å². The van der Waals surface area contributed by atoms with Gasteiger partial charge in [-0.05, 0) is 61.6 Å². The fourth-order valence-electron chi connectivity index (χ4n) is 3.84. The van der Waals surface area contributed by atoms with Crippen molar-refractivity contribution in [2.24, 2.45) is 0 Å². The Kier molecular flexibility index (Phi) is 7.98. The number of methoxy groups -OCH3 is 2. The van der Waals surface area contributed by atoms with E-state index in [-0.39, 0.29) is 30.9 Å². The molecule has 0 radical (unpaired) electrons. The largest absolute Gasteiger partial charge is 0.493 e. The summed E-state index contributed by atoms with van der Waals surface area (Å²) in [4.78, 5) is 26.8. The Morgan fingerprint density at radius 3 is 2.41 bits per heavy atom. The van der Waals surface area contributed by atoms with Crippen LogP contribution in [0.15, 0.2) is 36.4 Å². The van der Waals surface area contributed by atoms with Crippen LogP contribution in [-0.4, -0.2) is 56.7 Å². The number of hydrogen-bond acceptors (Lipinski definition) is 5. The normalized spacial score (nSPS) is 14.1. The lowest BCUT2D eigenvalue weighted by Crippen LogP contribution is -2.48. The molecular formula is C25H32N2O5. The van der Waals surface area contributed by atoms with Crippen molar-refractivity contribution in [3.05, 3.63) is 53.1 Å². The van der Waals surface area contributed by atoms with Crippen LogP contribution >= 0.6 is 0 Å². The number of amides is 2. The molecule has 0 spiro atoms. The number of nitrogens with zero attached hydrogens (tertiary/aromatic N) is 1. The topological polar surface area (TPSA) is 77.1 Å². The average molecular weight is 441 g/mol. The molecule has 2 amide bonds. The molecule has 3 rings (SSSR count). The number of nitrogens with one attached hydrogen (secondary N) is 1. The Hall–Kier alpha value is -3.22. The summed E-state index contributed by atoms with van der Waals surface area (Å²) >= 11 is 0. The number of likely N-dealkylation sites (tertiary alicyclic amines) is 1. The SMILES string of the molecule is COc1ccc(CC(=O)NC2CCN(C(=O)COc3cccc(C)c3C)CC2)cc1OC. The molecule has 2 aromatic carbocycles. The van der Waals surface area contributed by atoms with E-state index < -0.39 is 0 Å². The molecule has 1 fully saturated rings. The van der Waals surface area contributed by atoms with E-state index in [1.54, 1.807) is 20.3 Å². The quantitative estimate of drug-likeness (QED) is 0.683. The Balaban J connectivity index is 1.43. The van der Waals surface area contributed by atoms with Gasteiger partial charge in [-0.15, -0.1) is 0 Å². The third-order valence-corrected chi connectivity index (χ3v) is 5.93. The predicted molar refractivity (Wildman–Crippen MR) is 122 cm³/mol. The van der Waals surface area contributed by atoms with Crippen molar-refractivity contribution in [2.45, 2.75) is 39.2 Å². The highest BCUT2D eigenvalue weighted by molar-refractivity contribution is 5.79. The molecule has 1 saturated heterocycles. The van der Waals surface area contributed by atoms with Crippen LogP contribution in [0.4, 0.5) is 0 Å².